The molecule has 0 fully saturated rings. The fraction of sp³-hybridized carbons (Fsp3) is 0.462. The van der Waals surface area contributed by atoms with E-state index in [0.29, 0.717) is 25.5 Å². The molecule has 0 radical (unpaired) electrons. The number of hydrogen-bond acceptors (Lipinski definition) is 2. The van der Waals surface area contributed by atoms with Crippen molar-refractivity contribution in [2.75, 3.05) is 26.1 Å². The van der Waals surface area contributed by atoms with E-state index in [-0.39, 0.29) is 5.91 Å². The van der Waals surface area contributed by atoms with E-state index in [9.17, 15) is 4.79 Å². The first-order valence-electron chi connectivity index (χ1n) is 5.82. The Morgan fingerprint density at radius 1 is 1.39 bits per heavy atom. The fourth-order valence-corrected chi connectivity index (χ4v) is 1.76. The van der Waals surface area contributed by atoms with E-state index in [1.807, 2.05) is 24.3 Å². The van der Waals surface area contributed by atoms with Crippen LogP contribution in [0, 0.1) is 0 Å². The van der Waals surface area contributed by atoms with Crippen LogP contribution < -0.4 is 4.74 Å². The Morgan fingerprint density at radius 2 is 2.06 bits per heavy atom. The van der Waals surface area contributed by atoms with Crippen molar-refractivity contribution in [3.05, 3.63) is 28.7 Å². The van der Waals surface area contributed by atoms with Crippen LogP contribution in [0.15, 0.2) is 28.7 Å². The largest absolute Gasteiger partial charge is 0.492 e. The van der Waals surface area contributed by atoms with E-state index >= 15 is 0 Å². The van der Waals surface area contributed by atoms with Crippen molar-refractivity contribution in [2.45, 2.75) is 12.8 Å². The minimum atomic E-state index is 0.107. The molecule has 0 saturated heterocycles. The van der Waals surface area contributed by atoms with Crippen molar-refractivity contribution in [2.24, 2.45) is 0 Å². The molecule has 0 aromatic heterocycles. The molecule has 0 aliphatic rings. The minimum Gasteiger partial charge on any atom is -0.492 e. The fourth-order valence-electron chi connectivity index (χ4n) is 1.36. The quantitative estimate of drug-likeness (QED) is 0.716. The van der Waals surface area contributed by atoms with Gasteiger partial charge in [0.2, 0.25) is 5.91 Å². The van der Waals surface area contributed by atoms with Crippen molar-refractivity contribution < 1.29 is 9.53 Å². The highest BCUT2D eigenvalue weighted by molar-refractivity contribution is 9.10. The molecular weight excluding hydrogens is 318 g/mol. The Kier molecular flexibility index (Phi) is 7.13. The maximum atomic E-state index is 11.6. The standard InChI is InChI=1S/C13H17BrClNO2/c1-16(13(17)3-2-8-15)9-10-18-12-6-4-11(14)5-7-12/h4-7H,2-3,8-10H2,1H3. The number of carbonyl (C=O) groups is 1. The maximum Gasteiger partial charge on any atom is 0.222 e. The van der Waals surface area contributed by atoms with Gasteiger partial charge in [-0.2, -0.15) is 0 Å². The molecule has 0 saturated carbocycles. The molecular formula is C13H17BrClNO2. The average molecular weight is 335 g/mol. The van der Waals surface area contributed by atoms with Crippen LogP contribution >= 0.6 is 27.5 Å². The third-order valence-electron chi connectivity index (χ3n) is 2.46. The summed E-state index contributed by atoms with van der Waals surface area (Å²) < 4.78 is 6.56. The van der Waals surface area contributed by atoms with Crippen LogP contribution in [-0.2, 0) is 4.79 Å². The van der Waals surface area contributed by atoms with E-state index < -0.39 is 0 Å². The summed E-state index contributed by atoms with van der Waals surface area (Å²) in [7, 11) is 1.78. The lowest BCUT2D eigenvalue weighted by atomic mass is 10.3. The molecule has 0 aliphatic carbocycles. The van der Waals surface area contributed by atoms with Crippen LogP contribution in [0.1, 0.15) is 12.8 Å². The first kappa shape index (κ1) is 15.3. The van der Waals surface area contributed by atoms with E-state index in [4.69, 9.17) is 16.3 Å². The second-order valence-corrected chi connectivity index (χ2v) is 5.20. The van der Waals surface area contributed by atoms with E-state index in [0.717, 1.165) is 16.6 Å². The smallest absolute Gasteiger partial charge is 0.222 e. The molecule has 0 spiro atoms. The van der Waals surface area contributed by atoms with Gasteiger partial charge in [0, 0.05) is 23.8 Å². The number of amides is 1. The summed E-state index contributed by atoms with van der Waals surface area (Å²) in [6.07, 6.45) is 1.22. The molecule has 5 heteroatoms. The number of nitrogens with zero attached hydrogens (tertiary/aromatic N) is 1. The third kappa shape index (κ3) is 5.74. The van der Waals surface area contributed by atoms with E-state index in [1.165, 1.54) is 0 Å². The zero-order chi connectivity index (χ0) is 13.4. The molecule has 1 aromatic rings. The van der Waals surface area contributed by atoms with Crippen molar-refractivity contribution in [1.29, 1.82) is 0 Å². The lowest BCUT2D eigenvalue weighted by Gasteiger charge is -2.17. The normalized spacial score (nSPS) is 10.2. The van der Waals surface area contributed by atoms with Crippen LogP contribution in [0.4, 0.5) is 0 Å². The van der Waals surface area contributed by atoms with Gasteiger partial charge in [0.05, 0.1) is 6.54 Å². The summed E-state index contributed by atoms with van der Waals surface area (Å²) in [5.41, 5.74) is 0. The van der Waals surface area contributed by atoms with Crippen molar-refractivity contribution in [3.8, 4) is 5.75 Å². The zero-order valence-corrected chi connectivity index (χ0v) is 12.7. The number of rotatable bonds is 7. The summed E-state index contributed by atoms with van der Waals surface area (Å²) in [5, 5.41) is 0. The second-order valence-electron chi connectivity index (χ2n) is 3.91. The summed E-state index contributed by atoms with van der Waals surface area (Å²) >= 11 is 8.91. The first-order chi connectivity index (χ1) is 8.63. The molecule has 1 rings (SSSR count). The highest BCUT2D eigenvalue weighted by atomic mass is 79.9. The van der Waals surface area contributed by atoms with Gasteiger partial charge in [-0.1, -0.05) is 15.9 Å². The maximum absolute atomic E-state index is 11.6. The summed E-state index contributed by atoms with van der Waals surface area (Å²) in [6, 6.07) is 7.62. The molecule has 0 atom stereocenters. The van der Waals surface area contributed by atoms with Gasteiger partial charge in [-0.15, -0.1) is 11.6 Å². The van der Waals surface area contributed by atoms with Crippen LogP contribution in [0.25, 0.3) is 0 Å². The summed E-state index contributed by atoms with van der Waals surface area (Å²) in [5.74, 6) is 1.43. The predicted octanol–water partition coefficient (Wildman–Crippen LogP) is 3.31. The molecule has 0 N–H and O–H groups in total. The number of likely N-dealkylation sites (N-methyl/N-ethyl adjacent to an activating group) is 1. The van der Waals surface area contributed by atoms with E-state index in [1.54, 1.807) is 11.9 Å². The van der Waals surface area contributed by atoms with Gasteiger partial charge >= 0.3 is 0 Å². The van der Waals surface area contributed by atoms with Crippen molar-refractivity contribution >= 4 is 33.4 Å². The number of benzene rings is 1. The van der Waals surface area contributed by atoms with Crippen LogP contribution in [0.2, 0.25) is 0 Å². The SMILES string of the molecule is CN(CCOc1ccc(Br)cc1)C(=O)CCCCl. The van der Waals surface area contributed by atoms with Gasteiger partial charge in [0.25, 0.3) is 0 Å². The van der Waals surface area contributed by atoms with Gasteiger partial charge in [-0.05, 0) is 30.7 Å². The van der Waals surface area contributed by atoms with Crippen LogP contribution in [-0.4, -0.2) is 36.9 Å². The number of carbonyl (C=O) groups excluding carboxylic acids is 1. The Labute approximate surface area is 121 Å². The molecule has 0 unspecified atom stereocenters. The summed E-state index contributed by atoms with van der Waals surface area (Å²) in [6.45, 7) is 1.07. The molecule has 3 nitrogen and oxygen atoms in total. The number of ether oxygens (including phenoxy) is 1. The Hall–Kier alpha value is -0.740. The van der Waals surface area contributed by atoms with Crippen molar-refractivity contribution in [1.82, 2.24) is 4.90 Å². The predicted molar refractivity (Wildman–Crippen MR) is 77.2 cm³/mol. The molecule has 0 aliphatic heterocycles. The molecule has 0 bridgehead atoms. The topological polar surface area (TPSA) is 29.5 Å². The van der Waals surface area contributed by atoms with Gasteiger partial charge in [0.15, 0.2) is 0 Å². The third-order valence-corrected chi connectivity index (χ3v) is 3.26. The Morgan fingerprint density at radius 3 is 2.67 bits per heavy atom. The lowest BCUT2D eigenvalue weighted by Crippen LogP contribution is -2.30. The number of alkyl halides is 1. The van der Waals surface area contributed by atoms with Crippen LogP contribution in [0.5, 0.6) is 5.75 Å². The highest BCUT2D eigenvalue weighted by Gasteiger charge is 2.07. The zero-order valence-electron chi connectivity index (χ0n) is 10.4. The lowest BCUT2D eigenvalue weighted by molar-refractivity contribution is -0.130. The Balaban J connectivity index is 2.24. The van der Waals surface area contributed by atoms with Gasteiger partial charge in [-0.25, -0.2) is 0 Å². The first-order valence-corrected chi connectivity index (χ1v) is 7.14. The Bertz CT molecular complexity index is 370. The second kappa shape index (κ2) is 8.38. The minimum absolute atomic E-state index is 0.107. The molecule has 0 heterocycles. The summed E-state index contributed by atoms with van der Waals surface area (Å²) in [4.78, 5) is 13.3. The molecule has 1 aromatic carbocycles. The number of hydrogen-bond donors (Lipinski definition) is 0. The highest BCUT2D eigenvalue weighted by Crippen LogP contribution is 2.15. The van der Waals surface area contributed by atoms with Crippen LogP contribution in [0.3, 0.4) is 0 Å². The van der Waals surface area contributed by atoms with E-state index in [2.05, 4.69) is 15.9 Å². The monoisotopic (exact) mass is 333 g/mol. The molecule has 100 valence electrons. The van der Waals surface area contributed by atoms with Gasteiger partial charge in [-0.3, -0.25) is 4.79 Å². The molecule has 18 heavy (non-hydrogen) atoms. The average Bonchev–Trinajstić information content (AvgIpc) is 2.38. The van der Waals surface area contributed by atoms with Crippen molar-refractivity contribution in [3.63, 3.8) is 0 Å². The molecule has 1 amide bonds. The van der Waals surface area contributed by atoms with Gasteiger partial charge in [0.1, 0.15) is 12.4 Å². The van der Waals surface area contributed by atoms with Gasteiger partial charge < -0.3 is 9.64 Å². The number of halogens is 2.